The molecule has 16 heavy (non-hydrogen) atoms. The first-order chi connectivity index (χ1) is 7.83. The van der Waals surface area contributed by atoms with Gasteiger partial charge in [0.25, 0.3) is 5.91 Å². The SMILES string of the molecule is COCCONC(=O)CSc1ccncc1. The highest BCUT2D eigenvalue weighted by Gasteiger charge is 2.02. The number of carbonyl (C=O) groups is 1. The fourth-order valence-electron chi connectivity index (χ4n) is 0.869. The van der Waals surface area contributed by atoms with Gasteiger partial charge in [-0.2, -0.15) is 0 Å². The molecule has 5 nitrogen and oxygen atoms in total. The lowest BCUT2D eigenvalue weighted by molar-refractivity contribution is -0.131. The molecule has 0 aliphatic carbocycles. The number of hydroxylamine groups is 1. The van der Waals surface area contributed by atoms with Crippen LogP contribution in [0.25, 0.3) is 0 Å². The Kier molecular flexibility index (Phi) is 6.55. The van der Waals surface area contributed by atoms with Gasteiger partial charge in [0.1, 0.15) is 0 Å². The molecule has 1 aromatic rings. The molecule has 1 rings (SSSR count). The molecule has 0 spiro atoms. The van der Waals surface area contributed by atoms with Crippen LogP contribution in [0.1, 0.15) is 0 Å². The van der Waals surface area contributed by atoms with Crippen molar-refractivity contribution >= 4 is 17.7 Å². The minimum absolute atomic E-state index is 0.169. The Bertz CT molecular complexity index is 308. The molecule has 0 fully saturated rings. The van der Waals surface area contributed by atoms with Crippen LogP contribution < -0.4 is 5.48 Å². The fraction of sp³-hybridized carbons (Fsp3) is 0.400. The van der Waals surface area contributed by atoms with Crippen LogP contribution in [-0.2, 0) is 14.4 Å². The van der Waals surface area contributed by atoms with Gasteiger partial charge >= 0.3 is 0 Å². The second kappa shape index (κ2) is 8.09. The number of methoxy groups -OCH3 is 1. The normalized spacial score (nSPS) is 10.1. The minimum atomic E-state index is -0.169. The predicted octanol–water partition coefficient (Wildman–Crippen LogP) is 0.868. The summed E-state index contributed by atoms with van der Waals surface area (Å²) in [6.07, 6.45) is 3.38. The van der Waals surface area contributed by atoms with Crippen LogP contribution in [0.5, 0.6) is 0 Å². The van der Waals surface area contributed by atoms with Crippen molar-refractivity contribution in [3.63, 3.8) is 0 Å². The van der Waals surface area contributed by atoms with Crippen molar-refractivity contribution in [1.82, 2.24) is 10.5 Å². The van der Waals surface area contributed by atoms with Crippen LogP contribution in [0.4, 0.5) is 0 Å². The highest BCUT2D eigenvalue weighted by molar-refractivity contribution is 8.00. The van der Waals surface area contributed by atoms with Gasteiger partial charge in [-0.05, 0) is 12.1 Å². The lowest BCUT2D eigenvalue weighted by Crippen LogP contribution is -2.26. The summed E-state index contributed by atoms with van der Waals surface area (Å²) < 4.78 is 4.76. The molecule has 0 unspecified atom stereocenters. The summed E-state index contributed by atoms with van der Waals surface area (Å²) in [6, 6.07) is 3.70. The standard InChI is InChI=1S/C10H14N2O3S/c1-14-6-7-15-12-10(13)8-16-9-2-4-11-5-3-9/h2-5H,6-8H2,1H3,(H,12,13). The van der Waals surface area contributed by atoms with E-state index in [1.54, 1.807) is 19.5 Å². The number of amides is 1. The van der Waals surface area contributed by atoms with Gasteiger partial charge in [-0.15, -0.1) is 11.8 Å². The third kappa shape index (κ3) is 5.69. The summed E-state index contributed by atoms with van der Waals surface area (Å²) in [4.78, 5) is 21.0. The van der Waals surface area contributed by atoms with Gasteiger partial charge in [-0.1, -0.05) is 0 Å². The lowest BCUT2D eigenvalue weighted by Gasteiger charge is -2.04. The van der Waals surface area contributed by atoms with Gasteiger partial charge in [0, 0.05) is 24.4 Å². The number of ether oxygens (including phenoxy) is 1. The van der Waals surface area contributed by atoms with Gasteiger partial charge in [0.05, 0.1) is 19.0 Å². The number of pyridine rings is 1. The predicted molar refractivity (Wildman–Crippen MR) is 60.9 cm³/mol. The summed E-state index contributed by atoms with van der Waals surface area (Å²) in [5.41, 5.74) is 2.33. The Morgan fingerprint density at radius 2 is 2.19 bits per heavy atom. The van der Waals surface area contributed by atoms with Crippen molar-refractivity contribution in [3.05, 3.63) is 24.5 Å². The van der Waals surface area contributed by atoms with E-state index >= 15 is 0 Å². The molecule has 0 aliphatic rings. The second-order valence-electron chi connectivity index (χ2n) is 2.84. The molecule has 0 aromatic carbocycles. The van der Waals surface area contributed by atoms with Crippen molar-refractivity contribution in [2.75, 3.05) is 26.1 Å². The van der Waals surface area contributed by atoms with E-state index in [1.165, 1.54) is 11.8 Å². The van der Waals surface area contributed by atoms with Crippen LogP contribution >= 0.6 is 11.8 Å². The highest BCUT2D eigenvalue weighted by Crippen LogP contribution is 2.15. The molecule has 0 saturated carbocycles. The van der Waals surface area contributed by atoms with Crippen LogP contribution in [0.2, 0.25) is 0 Å². The van der Waals surface area contributed by atoms with Gasteiger partial charge in [-0.3, -0.25) is 14.6 Å². The van der Waals surface area contributed by atoms with E-state index in [2.05, 4.69) is 10.5 Å². The molecule has 88 valence electrons. The quantitative estimate of drug-likeness (QED) is 0.437. The second-order valence-corrected chi connectivity index (χ2v) is 3.89. The summed E-state index contributed by atoms with van der Waals surface area (Å²) in [6.45, 7) is 0.805. The Morgan fingerprint density at radius 1 is 1.44 bits per heavy atom. The first-order valence-corrected chi connectivity index (χ1v) is 5.74. The number of rotatable bonds is 7. The molecule has 0 aliphatic heterocycles. The van der Waals surface area contributed by atoms with E-state index in [9.17, 15) is 4.79 Å². The Labute approximate surface area is 98.5 Å². The van der Waals surface area contributed by atoms with Crippen LogP contribution in [0.3, 0.4) is 0 Å². The lowest BCUT2D eigenvalue weighted by atomic mass is 10.5. The van der Waals surface area contributed by atoms with Gasteiger partial charge < -0.3 is 4.74 Å². The molecule has 1 aromatic heterocycles. The van der Waals surface area contributed by atoms with E-state index in [0.717, 1.165) is 4.90 Å². The van der Waals surface area contributed by atoms with Gasteiger partial charge in [0.2, 0.25) is 0 Å². The molecular formula is C10H14N2O3S. The number of hydrogen-bond donors (Lipinski definition) is 1. The first kappa shape index (κ1) is 13.0. The fourth-order valence-corrected chi connectivity index (χ4v) is 1.54. The zero-order chi connectivity index (χ0) is 11.6. The topological polar surface area (TPSA) is 60.5 Å². The minimum Gasteiger partial charge on any atom is -0.382 e. The van der Waals surface area contributed by atoms with E-state index in [0.29, 0.717) is 19.0 Å². The van der Waals surface area contributed by atoms with E-state index in [-0.39, 0.29) is 5.91 Å². The molecule has 1 heterocycles. The van der Waals surface area contributed by atoms with E-state index in [1.807, 2.05) is 12.1 Å². The average molecular weight is 242 g/mol. The smallest absolute Gasteiger partial charge is 0.253 e. The monoisotopic (exact) mass is 242 g/mol. The molecular weight excluding hydrogens is 228 g/mol. The number of carbonyl (C=O) groups excluding carboxylic acids is 1. The maximum Gasteiger partial charge on any atom is 0.253 e. The molecule has 6 heteroatoms. The Balaban J connectivity index is 2.11. The molecule has 0 bridgehead atoms. The van der Waals surface area contributed by atoms with Crippen molar-refractivity contribution in [2.24, 2.45) is 0 Å². The maximum atomic E-state index is 11.3. The largest absolute Gasteiger partial charge is 0.382 e. The molecule has 0 saturated heterocycles. The molecule has 1 amide bonds. The van der Waals surface area contributed by atoms with Gasteiger partial charge in [0.15, 0.2) is 0 Å². The van der Waals surface area contributed by atoms with E-state index < -0.39 is 0 Å². The third-order valence-electron chi connectivity index (χ3n) is 1.60. The third-order valence-corrected chi connectivity index (χ3v) is 2.61. The number of aromatic nitrogens is 1. The maximum absolute atomic E-state index is 11.3. The van der Waals surface area contributed by atoms with Crippen molar-refractivity contribution in [3.8, 4) is 0 Å². The Hall–Kier alpha value is -1.11. The number of nitrogens with one attached hydrogen (secondary N) is 1. The number of nitrogens with zero attached hydrogens (tertiary/aromatic N) is 1. The molecule has 1 N–H and O–H groups in total. The molecule has 0 radical (unpaired) electrons. The summed E-state index contributed by atoms with van der Waals surface area (Å²) in [5.74, 6) is 0.148. The summed E-state index contributed by atoms with van der Waals surface area (Å²) >= 11 is 1.43. The summed E-state index contributed by atoms with van der Waals surface area (Å²) in [5, 5.41) is 0. The zero-order valence-corrected chi connectivity index (χ0v) is 9.83. The van der Waals surface area contributed by atoms with Crippen molar-refractivity contribution in [1.29, 1.82) is 0 Å². The average Bonchev–Trinajstić information content (AvgIpc) is 2.33. The van der Waals surface area contributed by atoms with Gasteiger partial charge in [-0.25, -0.2) is 5.48 Å². The zero-order valence-electron chi connectivity index (χ0n) is 9.01. The van der Waals surface area contributed by atoms with Crippen LogP contribution in [0.15, 0.2) is 29.4 Å². The molecule has 0 atom stereocenters. The highest BCUT2D eigenvalue weighted by atomic mass is 32.2. The first-order valence-electron chi connectivity index (χ1n) is 4.75. The number of thioether (sulfide) groups is 1. The Morgan fingerprint density at radius 3 is 2.88 bits per heavy atom. The van der Waals surface area contributed by atoms with Crippen LogP contribution in [0, 0.1) is 0 Å². The number of hydrogen-bond acceptors (Lipinski definition) is 5. The van der Waals surface area contributed by atoms with Crippen LogP contribution in [-0.4, -0.2) is 37.0 Å². The van der Waals surface area contributed by atoms with Crippen molar-refractivity contribution < 1.29 is 14.4 Å². The van der Waals surface area contributed by atoms with Crippen molar-refractivity contribution in [2.45, 2.75) is 4.90 Å². The van der Waals surface area contributed by atoms with E-state index in [4.69, 9.17) is 9.57 Å². The summed E-state index contributed by atoms with van der Waals surface area (Å²) in [7, 11) is 1.57.